The van der Waals surface area contributed by atoms with Crippen LogP contribution in [0.2, 0.25) is 0 Å². The molecule has 0 radical (unpaired) electrons. The van der Waals surface area contributed by atoms with Crippen molar-refractivity contribution in [1.29, 1.82) is 0 Å². The van der Waals surface area contributed by atoms with Crippen molar-refractivity contribution in [3.63, 3.8) is 0 Å². The Morgan fingerprint density at radius 3 is 2.48 bits per heavy atom. The molecule has 0 saturated carbocycles. The van der Waals surface area contributed by atoms with Crippen LogP contribution in [0.4, 0.5) is 23.3 Å². The fraction of sp³-hybridized carbons (Fsp3) is 0.733. The van der Waals surface area contributed by atoms with Crippen LogP contribution in [0.25, 0.3) is 0 Å². The number of nitrogen functional groups attached to an aromatic ring is 1. The zero-order valence-electron chi connectivity index (χ0n) is 14.2. The lowest BCUT2D eigenvalue weighted by molar-refractivity contribution is -0.383. The predicted molar refractivity (Wildman–Crippen MR) is 91.6 cm³/mol. The number of nitrogens with one attached hydrogen (secondary N) is 1. The van der Waals surface area contributed by atoms with Gasteiger partial charge in [0.15, 0.2) is 0 Å². The molecule has 8 heteroatoms. The molecule has 0 aliphatic carbocycles. The van der Waals surface area contributed by atoms with Crippen molar-refractivity contribution in [2.75, 3.05) is 35.6 Å². The highest BCUT2D eigenvalue weighted by Gasteiger charge is 2.31. The number of piperidine rings is 1. The van der Waals surface area contributed by atoms with Crippen LogP contribution in [-0.4, -0.2) is 34.5 Å². The average Bonchev–Trinajstić information content (AvgIpc) is 2.42. The van der Waals surface area contributed by atoms with E-state index in [0.717, 1.165) is 19.5 Å². The highest BCUT2D eigenvalue weighted by molar-refractivity contribution is 5.71. The fourth-order valence-electron chi connectivity index (χ4n) is 3.07. The fourth-order valence-corrected chi connectivity index (χ4v) is 3.07. The Bertz CT molecular complexity index is 567. The van der Waals surface area contributed by atoms with Gasteiger partial charge in [-0.3, -0.25) is 10.1 Å². The van der Waals surface area contributed by atoms with Gasteiger partial charge < -0.3 is 16.0 Å². The molecular weight excluding hydrogens is 296 g/mol. The number of rotatable bonds is 5. The van der Waals surface area contributed by atoms with Gasteiger partial charge in [0.1, 0.15) is 0 Å². The Morgan fingerprint density at radius 2 is 1.96 bits per heavy atom. The molecule has 2 atom stereocenters. The van der Waals surface area contributed by atoms with Gasteiger partial charge in [-0.05, 0) is 24.2 Å². The van der Waals surface area contributed by atoms with Gasteiger partial charge in [-0.15, -0.1) is 0 Å². The lowest BCUT2D eigenvalue weighted by Gasteiger charge is -2.35. The molecule has 128 valence electrons. The molecule has 1 aliphatic heterocycles. The summed E-state index contributed by atoms with van der Waals surface area (Å²) in [6.07, 6.45) is 1.11. The van der Waals surface area contributed by atoms with Crippen molar-refractivity contribution in [3.05, 3.63) is 10.1 Å². The number of aromatic nitrogens is 2. The summed E-state index contributed by atoms with van der Waals surface area (Å²) in [5.41, 5.74) is 5.65. The van der Waals surface area contributed by atoms with E-state index in [1.54, 1.807) is 0 Å². The molecule has 1 aromatic heterocycles. The minimum absolute atomic E-state index is 0.0860. The van der Waals surface area contributed by atoms with Crippen molar-refractivity contribution in [2.45, 2.75) is 34.1 Å². The van der Waals surface area contributed by atoms with Crippen molar-refractivity contribution in [3.8, 4) is 0 Å². The van der Waals surface area contributed by atoms with Gasteiger partial charge in [0.25, 0.3) is 0 Å². The number of nitrogens with two attached hydrogens (primary N) is 1. The van der Waals surface area contributed by atoms with Gasteiger partial charge in [-0.25, -0.2) is 0 Å². The van der Waals surface area contributed by atoms with Crippen LogP contribution in [0, 0.1) is 27.9 Å². The normalized spacial score (nSPS) is 21.5. The first kappa shape index (κ1) is 17.2. The van der Waals surface area contributed by atoms with E-state index in [2.05, 4.69) is 43.0 Å². The maximum Gasteiger partial charge on any atom is 0.353 e. The van der Waals surface area contributed by atoms with E-state index in [1.165, 1.54) is 0 Å². The minimum Gasteiger partial charge on any atom is -0.378 e. The summed E-state index contributed by atoms with van der Waals surface area (Å²) >= 11 is 0. The van der Waals surface area contributed by atoms with Crippen LogP contribution in [0.15, 0.2) is 0 Å². The van der Waals surface area contributed by atoms with Gasteiger partial charge in [0.2, 0.25) is 17.6 Å². The van der Waals surface area contributed by atoms with Gasteiger partial charge in [-0.1, -0.05) is 27.7 Å². The highest BCUT2D eigenvalue weighted by atomic mass is 16.6. The number of nitro groups is 1. The van der Waals surface area contributed by atoms with E-state index in [4.69, 9.17) is 5.73 Å². The summed E-state index contributed by atoms with van der Waals surface area (Å²) in [5, 5.41) is 14.5. The molecule has 1 aliphatic rings. The van der Waals surface area contributed by atoms with Gasteiger partial charge in [0.05, 0.1) is 4.92 Å². The van der Waals surface area contributed by atoms with Crippen molar-refractivity contribution in [1.82, 2.24) is 9.97 Å². The average molecular weight is 322 g/mol. The number of nitrogens with zero attached hydrogens (tertiary/aromatic N) is 4. The van der Waals surface area contributed by atoms with Gasteiger partial charge >= 0.3 is 5.69 Å². The van der Waals surface area contributed by atoms with E-state index in [0.29, 0.717) is 36.1 Å². The highest BCUT2D eigenvalue weighted by Crippen LogP contribution is 2.35. The van der Waals surface area contributed by atoms with Gasteiger partial charge in [0, 0.05) is 19.6 Å². The summed E-state index contributed by atoms with van der Waals surface area (Å²) in [5.74, 6) is 1.92. The second-order valence-corrected chi connectivity index (χ2v) is 6.99. The third-order valence-corrected chi connectivity index (χ3v) is 3.91. The largest absolute Gasteiger partial charge is 0.378 e. The van der Waals surface area contributed by atoms with E-state index >= 15 is 0 Å². The van der Waals surface area contributed by atoms with Crippen LogP contribution in [0.1, 0.15) is 34.1 Å². The Morgan fingerprint density at radius 1 is 1.35 bits per heavy atom. The first-order chi connectivity index (χ1) is 10.8. The maximum absolute atomic E-state index is 11.4. The Hall–Kier alpha value is -2.12. The molecule has 1 saturated heterocycles. The zero-order chi connectivity index (χ0) is 17.1. The number of hydrogen-bond acceptors (Lipinski definition) is 7. The summed E-state index contributed by atoms with van der Waals surface area (Å²) in [7, 11) is 0. The first-order valence-electron chi connectivity index (χ1n) is 8.08. The molecule has 0 amide bonds. The summed E-state index contributed by atoms with van der Waals surface area (Å²) in [4.78, 5) is 21.4. The lowest BCUT2D eigenvalue weighted by Crippen LogP contribution is -2.39. The molecule has 0 bridgehead atoms. The Balaban J connectivity index is 2.39. The van der Waals surface area contributed by atoms with Crippen LogP contribution < -0.4 is 16.0 Å². The molecule has 3 N–H and O–H groups in total. The smallest absolute Gasteiger partial charge is 0.353 e. The Kier molecular flexibility index (Phi) is 5.23. The molecule has 0 spiro atoms. The van der Waals surface area contributed by atoms with Crippen molar-refractivity contribution < 1.29 is 4.92 Å². The second-order valence-electron chi connectivity index (χ2n) is 6.99. The summed E-state index contributed by atoms with van der Waals surface area (Å²) < 4.78 is 0. The Labute approximate surface area is 136 Å². The summed E-state index contributed by atoms with van der Waals surface area (Å²) in [6, 6.07) is 0. The molecule has 2 heterocycles. The first-order valence-corrected chi connectivity index (χ1v) is 8.08. The third-order valence-electron chi connectivity index (χ3n) is 3.91. The topological polar surface area (TPSA) is 110 Å². The van der Waals surface area contributed by atoms with Crippen LogP contribution in [-0.2, 0) is 0 Å². The van der Waals surface area contributed by atoms with E-state index in [9.17, 15) is 10.1 Å². The van der Waals surface area contributed by atoms with Gasteiger partial charge in [-0.2, -0.15) is 9.97 Å². The molecule has 8 nitrogen and oxygen atoms in total. The molecule has 1 aromatic rings. The monoisotopic (exact) mass is 322 g/mol. The molecule has 1 fully saturated rings. The van der Waals surface area contributed by atoms with Crippen molar-refractivity contribution >= 4 is 23.3 Å². The molecule has 0 unspecified atom stereocenters. The zero-order valence-corrected chi connectivity index (χ0v) is 14.2. The molecular formula is C15H26N6O2. The number of hydrogen-bond donors (Lipinski definition) is 2. The van der Waals surface area contributed by atoms with E-state index in [-0.39, 0.29) is 11.5 Å². The molecule has 23 heavy (non-hydrogen) atoms. The standard InChI is InChI=1S/C15H26N6O2/c1-9(2)6-17-15-18-13(16)12(21(22)23)14(19-15)20-7-10(3)5-11(4)8-20/h9-11H,5-8H2,1-4H3,(H3,16,17,18,19)/t10-,11+. The van der Waals surface area contributed by atoms with E-state index < -0.39 is 4.92 Å². The second kappa shape index (κ2) is 6.97. The minimum atomic E-state index is -0.485. The van der Waals surface area contributed by atoms with Crippen LogP contribution in [0.3, 0.4) is 0 Å². The quantitative estimate of drug-likeness (QED) is 0.633. The van der Waals surface area contributed by atoms with Crippen LogP contribution >= 0.6 is 0 Å². The maximum atomic E-state index is 11.4. The molecule has 2 rings (SSSR count). The lowest BCUT2D eigenvalue weighted by atomic mass is 9.92. The van der Waals surface area contributed by atoms with Crippen molar-refractivity contribution in [2.24, 2.45) is 17.8 Å². The SMILES string of the molecule is CC(C)CNc1nc(N)c([N+](=O)[O-])c(N2C[C@H](C)C[C@H](C)C2)n1. The third kappa shape index (κ3) is 4.20. The number of anilines is 3. The molecule has 0 aromatic carbocycles. The van der Waals surface area contributed by atoms with Crippen LogP contribution in [0.5, 0.6) is 0 Å². The summed E-state index contributed by atoms with van der Waals surface area (Å²) in [6.45, 7) is 10.6. The van der Waals surface area contributed by atoms with E-state index in [1.807, 2.05) is 4.90 Å². The predicted octanol–water partition coefficient (Wildman–Crippen LogP) is 2.52.